The Morgan fingerprint density at radius 3 is 2.29 bits per heavy atom. The van der Waals surface area contributed by atoms with Crippen LogP contribution in [0.2, 0.25) is 0 Å². The highest BCUT2D eigenvalue weighted by molar-refractivity contribution is 5.57. The minimum Gasteiger partial charge on any atom is -0.303 e. The molecule has 2 aromatic rings. The number of hydrogen-bond donors (Lipinski definition) is 0. The molecule has 2 aromatic carbocycles. The number of hydrogen-bond acceptors (Lipinski definition) is 3. The predicted molar refractivity (Wildman–Crippen MR) is 81.3 cm³/mol. The van der Waals surface area contributed by atoms with Crippen LogP contribution in [-0.2, 0) is 16.2 Å². The molecule has 0 N–H and O–H groups in total. The summed E-state index contributed by atoms with van der Waals surface area (Å²) in [6, 6.07) is 20.3. The van der Waals surface area contributed by atoms with Crippen LogP contribution in [0.4, 0.5) is 0 Å². The molecule has 1 aliphatic rings. The van der Waals surface area contributed by atoms with Gasteiger partial charge in [-0.2, -0.15) is 5.06 Å². The van der Waals surface area contributed by atoms with E-state index in [1.54, 1.807) is 0 Å². The van der Waals surface area contributed by atoms with Crippen LogP contribution in [0.1, 0.15) is 24.1 Å². The molecule has 1 saturated heterocycles. The molecule has 21 heavy (non-hydrogen) atoms. The van der Waals surface area contributed by atoms with E-state index >= 15 is 0 Å². The van der Waals surface area contributed by atoms with E-state index in [4.69, 9.17) is 4.84 Å². The van der Waals surface area contributed by atoms with Crippen molar-refractivity contribution in [2.24, 2.45) is 5.92 Å². The highest BCUT2D eigenvalue weighted by Gasteiger charge is 2.41. The van der Waals surface area contributed by atoms with Gasteiger partial charge in [0.05, 0.1) is 18.1 Å². The number of aldehydes is 1. The summed E-state index contributed by atoms with van der Waals surface area (Å²) in [5.41, 5.74) is 2.30. The Labute approximate surface area is 125 Å². The third kappa shape index (κ3) is 2.89. The van der Waals surface area contributed by atoms with Gasteiger partial charge in [-0.05, 0) is 18.1 Å². The molecular formula is C18H19NO2. The first kappa shape index (κ1) is 14.0. The van der Waals surface area contributed by atoms with Gasteiger partial charge in [0.1, 0.15) is 6.29 Å². The third-order valence-corrected chi connectivity index (χ3v) is 4.00. The minimum atomic E-state index is -0.142. The van der Waals surface area contributed by atoms with E-state index in [1.165, 1.54) is 5.56 Å². The topological polar surface area (TPSA) is 29.5 Å². The zero-order chi connectivity index (χ0) is 14.7. The average Bonchev–Trinajstić information content (AvgIpc) is 2.84. The molecule has 0 unspecified atom stereocenters. The lowest BCUT2D eigenvalue weighted by molar-refractivity contribution is -0.166. The highest BCUT2D eigenvalue weighted by Crippen LogP contribution is 2.38. The Balaban J connectivity index is 1.89. The number of carbonyl (C=O) groups is 1. The fourth-order valence-corrected chi connectivity index (χ4v) is 2.92. The van der Waals surface area contributed by atoms with Gasteiger partial charge in [0.15, 0.2) is 0 Å². The van der Waals surface area contributed by atoms with E-state index < -0.39 is 0 Å². The molecule has 0 saturated carbocycles. The lowest BCUT2D eigenvalue weighted by Crippen LogP contribution is -2.24. The summed E-state index contributed by atoms with van der Waals surface area (Å²) >= 11 is 0. The van der Waals surface area contributed by atoms with E-state index in [0.717, 1.165) is 11.8 Å². The van der Waals surface area contributed by atoms with E-state index in [0.29, 0.717) is 6.54 Å². The van der Waals surface area contributed by atoms with Crippen LogP contribution in [0.5, 0.6) is 0 Å². The van der Waals surface area contributed by atoms with Crippen molar-refractivity contribution in [3.05, 3.63) is 71.8 Å². The summed E-state index contributed by atoms with van der Waals surface area (Å²) in [5.74, 6) is -0.142. The molecule has 1 fully saturated rings. The average molecular weight is 281 g/mol. The van der Waals surface area contributed by atoms with Crippen LogP contribution in [-0.4, -0.2) is 17.5 Å². The first-order valence-electron chi connectivity index (χ1n) is 7.27. The van der Waals surface area contributed by atoms with Gasteiger partial charge in [-0.3, -0.25) is 4.84 Å². The van der Waals surface area contributed by atoms with Crippen molar-refractivity contribution in [3.8, 4) is 0 Å². The standard InChI is InChI=1S/C18H19NO2/c1-14-17(13-20)18(16-10-6-3-7-11-16)19(21-14)12-15-8-4-2-5-9-15/h2-11,13-14,17-18H,12H2,1H3/t14-,17-,18+/m1/s1. The van der Waals surface area contributed by atoms with Gasteiger partial charge in [0, 0.05) is 6.54 Å². The van der Waals surface area contributed by atoms with Crippen LogP contribution in [0.15, 0.2) is 60.7 Å². The van der Waals surface area contributed by atoms with Gasteiger partial charge in [-0.25, -0.2) is 0 Å². The summed E-state index contributed by atoms with van der Waals surface area (Å²) in [6.45, 7) is 2.63. The smallest absolute Gasteiger partial charge is 0.127 e. The largest absolute Gasteiger partial charge is 0.303 e. The van der Waals surface area contributed by atoms with E-state index in [1.807, 2.05) is 48.4 Å². The SMILES string of the molecule is C[C@H]1ON(Cc2ccccc2)[C@@H](c2ccccc2)[C@@H]1C=O. The van der Waals surface area contributed by atoms with E-state index in [-0.39, 0.29) is 18.1 Å². The maximum atomic E-state index is 11.5. The predicted octanol–water partition coefficient (Wildman–Crippen LogP) is 3.38. The number of benzene rings is 2. The maximum Gasteiger partial charge on any atom is 0.127 e. The molecule has 0 spiro atoms. The van der Waals surface area contributed by atoms with Gasteiger partial charge in [0.2, 0.25) is 0 Å². The Hall–Kier alpha value is -1.97. The Bertz CT molecular complexity index is 585. The molecule has 0 aromatic heterocycles. The monoisotopic (exact) mass is 281 g/mol. The summed E-state index contributed by atoms with van der Waals surface area (Å²) in [6.07, 6.45) is 0.921. The molecule has 3 heteroatoms. The third-order valence-electron chi connectivity index (χ3n) is 4.00. The second-order valence-corrected chi connectivity index (χ2v) is 5.44. The summed E-state index contributed by atoms with van der Waals surface area (Å²) in [4.78, 5) is 17.4. The Morgan fingerprint density at radius 1 is 1.05 bits per heavy atom. The van der Waals surface area contributed by atoms with Gasteiger partial charge in [0.25, 0.3) is 0 Å². The fourth-order valence-electron chi connectivity index (χ4n) is 2.92. The second kappa shape index (κ2) is 6.20. The number of carbonyl (C=O) groups excluding carboxylic acids is 1. The minimum absolute atomic E-state index is 0.0288. The molecule has 3 nitrogen and oxygen atoms in total. The van der Waals surface area contributed by atoms with E-state index in [9.17, 15) is 4.79 Å². The van der Waals surface area contributed by atoms with Crippen LogP contribution in [0, 0.1) is 5.92 Å². The number of rotatable bonds is 4. The maximum absolute atomic E-state index is 11.5. The molecule has 0 radical (unpaired) electrons. The highest BCUT2D eigenvalue weighted by atomic mass is 16.7. The second-order valence-electron chi connectivity index (χ2n) is 5.44. The zero-order valence-corrected chi connectivity index (χ0v) is 12.1. The van der Waals surface area contributed by atoms with E-state index in [2.05, 4.69) is 24.3 Å². The van der Waals surface area contributed by atoms with Crippen molar-refractivity contribution < 1.29 is 9.63 Å². The van der Waals surface area contributed by atoms with Gasteiger partial charge >= 0.3 is 0 Å². The molecule has 0 bridgehead atoms. The van der Waals surface area contributed by atoms with Crippen molar-refractivity contribution in [2.75, 3.05) is 0 Å². The van der Waals surface area contributed by atoms with Crippen LogP contribution >= 0.6 is 0 Å². The Morgan fingerprint density at radius 2 is 1.67 bits per heavy atom. The molecule has 3 atom stereocenters. The number of hydroxylamine groups is 2. The molecule has 0 aliphatic carbocycles. The van der Waals surface area contributed by atoms with Crippen LogP contribution < -0.4 is 0 Å². The van der Waals surface area contributed by atoms with Gasteiger partial charge in [-0.1, -0.05) is 60.7 Å². The molecule has 0 amide bonds. The Kier molecular flexibility index (Phi) is 4.13. The first-order valence-corrected chi connectivity index (χ1v) is 7.27. The normalized spacial score (nSPS) is 25.9. The fraction of sp³-hybridized carbons (Fsp3) is 0.278. The lowest BCUT2D eigenvalue weighted by Gasteiger charge is -2.24. The van der Waals surface area contributed by atoms with Crippen molar-refractivity contribution in [1.82, 2.24) is 5.06 Å². The van der Waals surface area contributed by atoms with Crippen molar-refractivity contribution in [1.29, 1.82) is 0 Å². The molecule has 1 aliphatic heterocycles. The summed E-state index contributed by atoms with van der Waals surface area (Å²) < 4.78 is 0. The molecule has 108 valence electrons. The quantitative estimate of drug-likeness (QED) is 0.805. The van der Waals surface area contributed by atoms with Gasteiger partial charge < -0.3 is 4.79 Å². The first-order chi connectivity index (χ1) is 10.3. The van der Waals surface area contributed by atoms with Crippen molar-refractivity contribution in [3.63, 3.8) is 0 Å². The van der Waals surface area contributed by atoms with Crippen LogP contribution in [0.25, 0.3) is 0 Å². The van der Waals surface area contributed by atoms with Gasteiger partial charge in [-0.15, -0.1) is 0 Å². The van der Waals surface area contributed by atoms with Crippen molar-refractivity contribution in [2.45, 2.75) is 25.6 Å². The van der Waals surface area contributed by atoms with Crippen molar-refractivity contribution >= 4 is 6.29 Å². The molecule has 3 rings (SSSR count). The summed E-state index contributed by atoms with van der Waals surface area (Å²) in [5, 5.41) is 1.94. The number of nitrogens with zero attached hydrogens (tertiary/aromatic N) is 1. The zero-order valence-electron chi connectivity index (χ0n) is 12.1. The lowest BCUT2D eigenvalue weighted by atomic mass is 9.91. The molecule has 1 heterocycles. The molecular weight excluding hydrogens is 262 g/mol. The summed E-state index contributed by atoms with van der Waals surface area (Å²) in [7, 11) is 0. The van der Waals surface area contributed by atoms with Crippen LogP contribution in [0.3, 0.4) is 0 Å².